The Balaban J connectivity index is 2.04. The molecule has 0 aliphatic heterocycles. The Labute approximate surface area is 123 Å². The lowest BCUT2D eigenvalue weighted by atomic mass is 9.82. The van der Waals surface area contributed by atoms with Crippen LogP contribution in [-0.4, -0.2) is 12.1 Å². The molecule has 0 saturated heterocycles. The third-order valence-electron chi connectivity index (χ3n) is 4.41. The number of hydrogen-bond acceptors (Lipinski definition) is 2. The molecule has 2 heteroatoms. The van der Waals surface area contributed by atoms with Gasteiger partial charge in [0.15, 0.2) is 0 Å². The first-order valence-corrected chi connectivity index (χ1v) is 8.08. The van der Waals surface area contributed by atoms with Gasteiger partial charge < -0.3 is 10.5 Å². The molecule has 112 valence electrons. The molecule has 0 bridgehead atoms. The van der Waals surface area contributed by atoms with Crippen LogP contribution >= 0.6 is 0 Å². The first kappa shape index (κ1) is 15.4. The lowest BCUT2D eigenvalue weighted by Crippen LogP contribution is -2.29. The molecule has 0 aromatic heterocycles. The Hall–Kier alpha value is -1.02. The van der Waals surface area contributed by atoms with Gasteiger partial charge in [-0.25, -0.2) is 0 Å². The maximum absolute atomic E-state index is 6.32. The molecule has 1 fully saturated rings. The monoisotopic (exact) mass is 275 g/mol. The van der Waals surface area contributed by atoms with E-state index in [9.17, 15) is 0 Å². The zero-order chi connectivity index (χ0) is 14.5. The summed E-state index contributed by atoms with van der Waals surface area (Å²) in [6.07, 6.45) is 5.97. The molecule has 1 aromatic rings. The molecule has 3 unspecified atom stereocenters. The third-order valence-corrected chi connectivity index (χ3v) is 4.41. The quantitative estimate of drug-likeness (QED) is 0.875. The van der Waals surface area contributed by atoms with Crippen LogP contribution in [0.15, 0.2) is 24.3 Å². The number of benzene rings is 1. The van der Waals surface area contributed by atoms with Gasteiger partial charge in [-0.1, -0.05) is 39.0 Å². The Morgan fingerprint density at radius 3 is 2.45 bits per heavy atom. The lowest BCUT2D eigenvalue weighted by Gasteiger charge is -2.32. The average Bonchev–Trinajstić information content (AvgIpc) is 2.39. The zero-order valence-corrected chi connectivity index (χ0v) is 13.1. The van der Waals surface area contributed by atoms with Gasteiger partial charge in [0.1, 0.15) is 5.75 Å². The normalized spacial score (nSPS) is 28.1. The largest absolute Gasteiger partial charge is 0.490 e. The van der Waals surface area contributed by atoms with E-state index < -0.39 is 0 Å². The van der Waals surface area contributed by atoms with Gasteiger partial charge in [-0.3, -0.25) is 0 Å². The minimum absolute atomic E-state index is 0.226. The molecular weight excluding hydrogens is 246 g/mol. The molecule has 2 N–H and O–H groups in total. The van der Waals surface area contributed by atoms with Crippen LogP contribution in [-0.2, 0) is 6.42 Å². The standard InChI is InChI=1S/C18H29NO/c1-4-16(19)12-15-7-5-6-8-18(15)20-17-10-13(2)9-14(3)11-17/h5-8,13-14,16-17H,4,9-12,19H2,1-3H3. The Kier molecular flexibility index (Phi) is 5.47. The van der Waals surface area contributed by atoms with E-state index in [-0.39, 0.29) is 6.04 Å². The number of rotatable bonds is 5. The molecule has 1 aliphatic rings. The molecule has 2 rings (SSSR count). The molecule has 0 heterocycles. The summed E-state index contributed by atoms with van der Waals surface area (Å²) in [7, 11) is 0. The van der Waals surface area contributed by atoms with Crippen molar-refractivity contribution in [3.8, 4) is 5.75 Å². The number of nitrogens with two attached hydrogens (primary N) is 1. The van der Waals surface area contributed by atoms with E-state index in [0.717, 1.165) is 30.4 Å². The van der Waals surface area contributed by atoms with Crippen molar-refractivity contribution < 1.29 is 4.74 Å². The third kappa shape index (κ3) is 4.24. The average molecular weight is 275 g/mol. The molecule has 0 amide bonds. The highest BCUT2D eigenvalue weighted by atomic mass is 16.5. The van der Waals surface area contributed by atoms with Crippen molar-refractivity contribution in [3.05, 3.63) is 29.8 Å². The number of hydrogen-bond donors (Lipinski definition) is 1. The highest BCUT2D eigenvalue weighted by molar-refractivity contribution is 5.34. The molecule has 2 nitrogen and oxygen atoms in total. The fourth-order valence-corrected chi connectivity index (χ4v) is 3.36. The van der Waals surface area contributed by atoms with Crippen molar-refractivity contribution in [1.29, 1.82) is 0 Å². The summed E-state index contributed by atoms with van der Waals surface area (Å²) < 4.78 is 6.32. The molecule has 0 radical (unpaired) electrons. The topological polar surface area (TPSA) is 35.2 Å². The second-order valence-electron chi connectivity index (χ2n) is 6.64. The minimum atomic E-state index is 0.226. The zero-order valence-electron chi connectivity index (χ0n) is 13.1. The van der Waals surface area contributed by atoms with E-state index in [1.54, 1.807) is 0 Å². The number of para-hydroxylation sites is 1. The maximum atomic E-state index is 6.32. The molecule has 0 spiro atoms. The van der Waals surface area contributed by atoms with Gasteiger partial charge in [-0.05, 0) is 55.6 Å². The van der Waals surface area contributed by atoms with Crippen molar-refractivity contribution in [2.45, 2.75) is 65.0 Å². The predicted molar refractivity (Wildman–Crippen MR) is 85.0 cm³/mol. The summed E-state index contributed by atoms with van der Waals surface area (Å²) >= 11 is 0. The lowest BCUT2D eigenvalue weighted by molar-refractivity contribution is 0.1000. The van der Waals surface area contributed by atoms with Crippen molar-refractivity contribution in [3.63, 3.8) is 0 Å². The summed E-state index contributed by atoms with van der Waals surface area (Å²) in [5, 5.41) is 0. The Bertz CT molecular complexity index is 408. The second-order valence-corrected chi connectivity index (χ2v) is 6.64. The van der Waals surface area contributed by atoms with E-state index in [0.29, 0.717) is 6.10 Å². The van der Waals surface area contributed by atoms with E-state index in [1.165, 1.54) is 24.8 Å². The van der Waals surface area contributed by atoms with Gasteiger partial charge in [0, 0.05) is 6.04 Å². The van der Waals surface area contributed by atoms with Crippen LogP contribution in [0.2, 0.25) is 0 Å². The summed E-state index contributed by atoms with van der Waals surface area (Å²) in [5.74, 6) is 2.59. The van der Waals surface area contributed by atoms with Crippen LogP contribution in [0.1, 0.15) is 52.0 Å². The van der Waals surface area contributed by atoms with Crippen LogP contribution in [0.5, 0.6) is 5.75 Å². The van der Waals surface area contributed by atoms with Gasteiger partial charge in [-0.15, -0.1) is 0 Å². The van der Waals surface area contributed by atoms with Gasteiger partial charge in [0.05, 0.1) is 6.10 Å². The van der Waals surface area contributed by atoms with Crippen LogP contribution in [0.25, 0.3) is 0 Å². The fourth-order valence-electron chi connectivity index (χ4n) is 3.36. The summed E-state index contributed by atoms with van der Waals surface area (Å²) in [5.41, 5.74) is 7.35. The van der Waals surface area contributed by atoms with Crippen LogP contribution in [0, 0.1) is 11.8 Å². The summed E-state index contributed by atoms with van der Waals surface area (Å²) in [6, 6.07) is 8.62. The molecule has 1 aromatic carbocycles. The Morgan fingerprint density at radius 2 is 1.80 bits per heavy atom. The highest BCUT2D eigenvalue weighted by Gasteiger charge is 2.25. The summed E-state index contributed by atoms with van der Waals surface area (Å²) in [6.45, 7) is 6.81. The van der Waals surface area contributed by atoms with Crippen molar-refractivity contribution in [2.24, 2.45) is 17.6 Å². The van der Waals surface area contributed by atoms with Gasteiger partial charge in [-0.2, -0.15) is 0 Å². The molecule has 20 heavy (non-hydrogen) atoms. The predicted octanol–water partition coefficient (Wildman–Crippen LogP) is 4.17. The van der Waals surface area contributed by atoms with E-state index in [2.05, 4.69) is 45.0 Å². The fraction of sp³-hybridized carbons (Fsp3) is 0.667. The van der Waals surface area contributed by atoms with Crippen molar-refractivity contribution in [1.82, 2.24) is 0 Å². The SMILES string of the molecule is CCC(N)Cc1ccccc1OC1CC(C)CC(C)C1. The second kappa shape index (κ2) is 7.12. The van der Waals surface area contributed by atoms with Gasteiger partial charge in [0.25, 0.3) is 0 Å². The first-order chi connectivity index (χ1) is 9.58. The van der Waals surface area contributed by atoms with Gasteiger partial charge >= 0.3 is 0 Å². The first-order valence-electron chi connectivity index (χ1n) is 8.08. The summed E-state index contributed by atoms with van der Waals surface area (Å²) in [4.78, 5) is 0. The van der Waals surface area contributed by atoms with E-state index in [4.69, 9.17) is 10.5 Å². The minimum Gasteiger partial charge on any atom is -0.490 e. The molecule has 1 aliphatic carbocycles. The maximum Gasteiger partial charge on any atom is 0.122 e. The van der Waals surface area contributed by atoms with Crippen molar-refractivity contribution in [2.75, 3.05) is 0 Å². The molecular formula is C18H29NO. The highest BCUT2D eigenvalue weighted by Crippen LogP contribution is 2.32. The van der Waals surface area contributed by atoms with Gasteiger partial charge in [0.2, 0.25) is 0 Å². The molecule has 1 saturated carbocycles. The number of ether oxygens (including phenoxy) is 1. The molecule has 3 atom stereocenters. The van der Waals surface area contributed by atoms with Crippen LogP contribution < -0.4 is 10.5 Å². The van der Waals surface area contributed by atoms with Crippen LogP contribution in [0.3, 0.4) is 0 Å². The smallest absolute Gasteiger partial charge is 0.122 e. The van der Waals surface area contributed by atoms with Crippen LogP contribution in [0.4, 0.5) is 0 Å². The van der Waals surface area contributed by atoms with E-state index >= 15 is 0 Å². The Morgan fingerprint density at radius 1 is 1.15 bits per heavy atom. The van der Waals surface area contributed by atoms with E-state index in [1.807, 2.05) is 0 Å². The van der Waals surface area contributed by atoms with Crippen molar-refractivity contribution >= 4 is 0 Å².